The molecule has 2 rings (SSSR count). The third-order valence-corrected chi connectivity index (χ3v) is 4.57. The van der Waals surface area contributed by atoms with Crippen LogP contribution in [0.3, 0.4) is 0 Å². The molecule has 0 aliphatic carbocycles. The highest BCUT2D eigenvalue weighted by Crippen LogP contribution is 2.16. The number of hydrogen-bond acceptors (Lipinski definition) is 3. The zero-order valence-electron chi connectivity index (χ0n) is 14.2. The number of guanidine groups is 1. The standard InChI is InChI=1S/C17H27N3OS.HI/c1-4-18-17(20(2)12-15-9-10-21-13-15)19-11-14-5-7-16(22-3)8-6-14;/h5-8,15H,4,9-13H2,1-3H3,(H,18,19);1H. The minimum Gasteiger partial charge on any atom is -0.381 e. The second kappa shape index (κ2) is 11.1. The van der Waals surface area contributed by atoms with Crippen molar-refractivity contribution in [1.82, 2.24) is 10.2 Å². The van der Waals surface area contributed by atoms with Crippen molar-refractivity contribution < 1.29 is 4.74 Å². The largest absolute Gasteiger partial charge is 0.381 e. The molecule has 0 aromatic heterocycles. The van der Waals surface area contributed by atoms with Crippen LogP contribution in [0.15, 0.2) is 34.2 Å². The van der Waals surface area contributed by atoms with Gasteiger partial charge in [0.2, 0.25) is 0 Å². The van der Waals surface area contributed by atoms with E-state index in [2.05, 4.69) is 54.7 Å². The van der Waals surface area contributed by atoms with Gasteiger partial charge in [0.15, 0.2) is 5.96 Å². The number of nitrogens with one attached hydrogen (secondary N) is 1. The highest BCUT2D eigenvalue weighted by Gasteiger charge is 2.18. The van der Waals surface area contributed by atoms with Gasteiger partial charge in [-0.15, -0.1) is 35.7 Å². The fourth-order valence-electron chi connectivity index (χ4n) is 2.57. The normalized spacial score (nSPS) is 17.7. The maximum absolute atomic E-state index is 5.46. The first kappa shape index (κ1) is 20.6. The van der Waals surface area contributed by atoms with Gasteiger partial charge in [-0.3, -0.25) is 0 Å². The van der Waals surface area contributed by atoms with Gasteiger partial charge in [0.05, 0.1) is 13.2 Å². The molecule has 130 valence electrons. The summed E-state index contributed by atoms with van der Waals surface area (Å²) in [6.07, 6.45) is 3.25. The molecule has 1 aromatic carbocycles. The number of hydrogen-bond donors (Lipinski definition) is 1. The molecule has 1 aromatic rings. The molecule has 6 heteroatoms. The van der Waals surface area contributed by atoms with Crippen LogP contribution in [0.25, 0.3) is 0 Å². The van der Waals surface area contributed by atoms with Gasteiger partial charge in [-0.25, -0.2) is 4.99 Å². The molecule has 0 spiro atoms. The van der Waals surface area contributed by atoms with Crippen LogP contribution in [0.2, 0.25) is 0 Å². The fraction of sp³-hybridized carbons (Fsp3) is 0.588. The summed E-state index contributed by atoms with van der Waals surface area (Å²) < 4.78 is 5.46. The first-order chi connectivity index (χ1) is 10.7. The Morgan fingerprint density at radius 3 is 2.70 bits per heavy atom. The number of ether oxygens (including phenoxy) is 1. The van der Waals surface area contributed by atoms with Crippen LogP contribution in [-0.4, -0.2) is 50.5 Å². The molecule has 0 amide bonds. The van der Waals surface area contributed by atoms with E-state index in [0.29, 0.717) is 12.5 Å². The van der Waals surface area contributed by atoms with Crippen molar-refractivity contribution >= 4 is 41.7 Å². The number of aliphatic imine (C=N–C) groups is 1. The predicted molar refractivity (Wildman–Crippen MR) is 110 cm³/mol. The quantitative estimate of drug-likeness (QED) is 0.313. The number of nitrogens with zero attached hydrogens (tertiary/aromatic N) is 2. The van der Waals surface area contributed by atoms with E-state index in [1.54, 1.807) is 11.8 Å². The Morgan fingerprint density at radius 2 is 2.13 bits per heavy atom. The van der Waals surface area contributed by atoms with Crippen molar-refractivity contribution in [2.24, 2.45) is 10.9 Å². The molecule has 23 heavy (non-hydrogen) atoms. The summed E-state index contributed by atoms with van der Waals surface area (Å²) in [5.74, 6) is 1.60. The van der Waals surface area contributed by atoms with E-state index in [1.165, 1.54) is 10.5 Å². The molecule has 0 radical (unpaired) electrons. The molecule has 1 aliphatic heterocycles. The van der Waals surface area contributed by atoms with Crippen LogP contribution in [0.5, 0.6) is 0 Å². The molecule has 4 nitrogen and oxygen atoms in total. The van der Waals surface area contributed by atoms with E-state index in [1.807, 2.05) is 0 Å². The minimum atomic E-state index is 0. The second-order valence-electron chi connectivity index (χ2n) is 5.63. The average Bonchev–Trinajstić information content (AvgIpc) is 3.04. The summed E-state index contributed by atoms with van der Waals surface area (Å²) in [5.41, 5.74) is 1.24. The summed E-state index contributed by atoms with van der Waals surface area (Å²) in [5, 5.41) is 3.38. The van der Waals surface area contributed by atoms with Gasteiger partial charge in [-0.2, -0.15) is 0 Å². The van der Waals surface area contributed by atoms with Crippen molar-refractivity contribution in [2.75, 3.05) is 39.6 Å². The summed E-state index contributed by atoms with van der Waals surface area (Å²) in [7, 11) is 2.11. The Bertz CT molecular complexity index is 475. The van der Waals surface area contributed by atoms with E-state index in [-0.39, 0.29) is 24.0 Å². The first-order valence-electron chi connectivity index (χ1n) is 7.93. The van der Waals surface area contributed by atoms with Gasteiger partial charge in [-0.05, 0) is 37.3 Å². The highest BCUT2D eigenvalue weighted by atomic mass is 127. The smallest absolute Gasteiger partial charge is 0.193 e. The fourth-order valence-corrected chi connectivity index (χ4v) is 2.98. The van der Waals surface area contributed by atoms with Gasteiger partial charge in [-0.1, -0.05) is 12.1 Å². The number of rotatable bonds is 6. The summed E-state index contributed by atoms with van der Waals surface area (Å²) in [6, 6.07) is 8.62. The molecular weight excluding hydrogens is 421 g/mol. The lowest BCUT2D eigenvalue weighted by atomic mass is 10.1. The molecule has 1 unspecified atom stereocenters. The molecular formula is C17H28IN3OS. The number of halogens is 1. The van der Waals surface area contributed by atoms with Crippen LogP contribution in [0, 0.1) is 5.92 Å². The van der Waals surface area contributed by atoms with Gasteiger partial charge >= 0.3 is 0 Å². The van der Waals surface area contributed by atoms with Gasteiger partial charge in [0.1, 0.15) is 0 Å². The van der Waals surface area contributed by atoms with Gasteiger partial charge in [0.25, 0.3) is 0 Å². The van der Waals surface area contributed by atoms with Gasteiger partial charge in [0, 0.05) is 37.6 Å². The zero-order valence-corrected chi connectivity index (χ0v) is 17.4. The first-order valence-corrected chi connectivity index (χ1v) is 9.15. The monoisotopic (exact) mass is 449 g/mol. The Balaban J connectivity index is 0.00000264. The maximum Gasteiger partial charge on any atom is 0.193 e. The molecule has 1 atom stereocenters. The lowest BCUT2D eigenvalue weighted by molar-refractivity contribution is 0.181. The highest BCUT2D eigenvalue weighted by molar-refractivity contribution is 14.0. The molecule has 1 heterocycles. The minimum absolute atomic E-state index is 0. The Kier molecular flexibility index (Phi) is 9.97. The topological polar surface area (TPSA) is 36.9 Å². The zero-order chi connectivity index (χ0) is 15.8. The van der Waals surface area contributed by atoms with Crippen LogP contribution < -0.4 is 5.32 Å². The summed E-state index contributed by atoms with van der Waals surface area (Å²) in [4.78, 5) is 8.28. The average molecular weight is 449 g/mol. The SMILES string of the molecule is CCNC(=NCc1ccc(SC)cc1)N(C)CC1CCOC1.I. The van der Waals surface area contributed by atoms with Crippen molar-refractivity contribution in [1.29, 1.82) is 0 Å². The molecule has 1 aliphatic rings. The number of thioether (sulfide) groups is 1. The molecule has 1 N–H and O–H groups in total. The van der Waals surface area contributed by atoms with Crippen molar-refractivity contribution in [3.63, 3.8) is 0 Å². The molecule has 0 saturated carbocycles. The van der Waals surface area contributed by atoms with E-state index >= 15 is 0 Å². The van der Waals surface area contributed by atoms with Crippen molar-refractivity contribution in [3.05, 3.63) is 29.8 Å². The van der Waals surface area contributed by atoms with Crippen molar-refractivity contribution in [2.45, 2.75) is 24.8 Å². The lowest BCUT2D eigenvalue weighted by Gasteiger charge is -2.24. The third-order valence-electron chi connectivity index (χ3n) is 3.82. The second-order valence-corrected chi connectivity index (χ2v) is 6.51. The molecule has 1 saturated heterocycles. The maximum atomic E-state index is 5.46. The van der Waals surface area contributed by atoms with E-state index in [0.717, 1.165) is 38.7 Å². The Morgan fingerprint density at radius 1 is 1.39 bits per heavy atom. The van der Waals surface area contributed by atoms with Gasteiger partial charge < -0.3 is 15.0 Å². The summed E-state index contributed by atoms with van der Waals surface area (Å²) in [6.45, 7) is 6.47. The van der Waals surface area contributed by atoms with E-state index in [9.17, 15) is 0 Å². The van der Waals surface area contributed by atoms with Crippen LogP contribution in [0.4, 0.5) is 0 Å². The lowest BCUT2D eigenvalue weighted by Crippen LogP contribution is -2.41. The number of benzene rings is 1. The third kappa shape index (κ3) is 6.89. The van der Waals surface area contributed by atoms with Crippen LogP contribution >= 0.6 is 35.7 Å². The summed E-state index contributed by atoms with van der Waals surface area (Å²) >= 11 is 1.76. The van der Waals surface area contributed by atoms with Crippen LogP contribution in [0.1, 0.15) is 18.9 Å². The molecule has 0 bridgehead atoms. The Labute approximate surface area is 161 Å². The van der Waals surface area contributed by atoms with Crippen molar-refractivity contribution in [3.8, 4) is 0 Å². The Hall–Kier alpha value is -0.470. The predicted octanol–water partition coefficient (Wildman–Crippen LogP) is 3.46. The molecule has 1 fully saturated rings. The van der Waals surface area contributed by atoms with E-state index < -0.39 is 0 Å². The van der Waals surface area contributed by atoms with Crippen LogP contribution in [-0.2, 0) is 11.3 Å². The van der Waals surface area contributed by atoms with E-state index in [4.69, 9.17) is 9.73 Å².